The molecule has 1 aliphatic heterocycles. The fourth-order valence-corrected chi connectivity index (χ4v) is 2.90. The molecule has 122 valence electrons. The molecule has 2 aromatic heterocycles. The Hall–Kier alpha value is -2.48. The van der Waals surface area contributed by atoms with Crippen LogP contribution in [0.2, 0.25) is 0 Å². The molecular weight excluding hydrogens is 298 g/mol. The van der Waals surface area contributed by atoms with E-state index in [-0.39, 0.29) is 11.5 Å². The van der Waals surface area contributed by atoms with Gasteiger partial charge >= 0.3 is 0 Å². The van der Waals surface area contributed by atoms with E-state index in [2.05, 4.69) is 10.1 Å². The summed E-state index contributed by atoms with van der Waals surface area (Å²) in [5.74, 6) is -0.543. The highest BCUT2D eigenvalue weighted by Gasteiger charge is 2.28. The number of aryl methyl sites for hydroxylation is 2. The van der Waals surface area contributed by atoms with Crippen molar-refractivity contribution in [2.24, 2.45) is 5.73 Å². The first-order chi connectivity index (χ1) is 10.9. The van der Waals surface area contributed by atoms with E-state index in [1.54, 1.807) is 9.42 Å². The van der Waals surface area contributed by atoms with Crippen molar-refractivity contribution in [3.63, 3.8) is 0 Å². The van der Waals surface area contributed by atoms with E-state index >= 15 is 0 Å². The molecule has 3 N–H and O–H groups in total. The monoisotopic (exact) mass is 317 g/mol. The van der Waals surface area contributed by atoms with Gasteiger partial charge in [-0.2, -0.15) is 5.10 Å². The quantitative estimate of drug-likeness (QED) is 0.795. The maximum absolute atomic E-state index is 12.0. The van der Waals surface area contributed by atoms with Gasteiger partial charge in [-0.3, -0.25) is 9.59 Å². The van der Waals surface area contributed by atoms with Gasteiger partial charge in [0.15, 0.2) is 5.65 Å². The molecule has 3 rings (SSSR count). The average Bonchev–Trinajstić information content (AvgIpc) is 2.87. The number of amides is 2. The first-order valence-electron chi connectivity index (χ1n) is 7.48. The van der Waals surface area contributed by atoms with Gasteiger partial charge in [0.1, 0.15) is 5.56 Å². The van der Waals surface area contributed by atoms with Crippen LogP contribution >= 0.6 is 0 Å². The van der Waals surface area contributed by atoms with Crippen LogP contribution in [0.5, 0.6) is 0 Å². The first-order valence-corrected chi connectivity index (χ1v) is 7.48. The lowest BCUT2D eigenvalue weighted by Gasteiger charge is -2.36. The zero-order valence-electron chi connectivity index (χ0n) is 13.1. The predicted octanol–water partition coefficient (Wildman–Crippen LogP) is -0.419. The van der Waals surface area contributed by atoms with Gasteiger partial charge in [-0.25, -0.2) is 9.50 Å². The number of aliphatic hydroxyl groups is 1. The number of nitrogens with two attached hydrogens (primary N) is 1. The smallest absolute Gasteiger partial charge is 0.254 e. The number of hydrogen-bond acceptors (Lipinski definition) is 5. The minimum atomic E-state index is -0.564. The molecule has 0 aromatic carbocycles. The summed E-state index contributed by atoms with van der Waals surface area (Å²) in [7, 11) is 0. The summed E-state index contributed by atoms with van der Waals surface area (Å²) in [6.45, 7) is 4.55. The van der Waals surface area contributed by atoms with E-state index in [4.69, 9.17) is 5.73 Å². The Balaban J connectivity index is 1.84. The summed E-state index contributed by atoms with van der Waals surface area (Å²) >= 11 is 0. The number of fused-ring (bicyclic) bond motifs is 1. The van der Waals surface area contributed by atoms with Crippen LogP contribution in [0, 0.1) is 13.8 Å². The van der Waals surface area contributed by atoms with Gasteiger partial charge in [0.25, 0.3) is 5.91 Å². The number of hydrogen-bond donors (Lipinski definition) is 2. The average molecular weight is 317 g/mol. The van der Waals surface area contributed by atoms with Crippen molar-refractivity contribution in [1.29, 1.82) is 0 Å². The molecule has 23 heavy (non-hydrogen) atoms. The van der Waals surface area contributed by atoms with Gasteiger partial charge in [0.05, 0.1) is 12.3 Å². The molecular formula is C15H19N5O3. The minimum Gasteiger partial charge on any atom is -0.389 e. The van der Waals surface area contributed by atoms with Crippen molar-refractivity contribution in [2.75, 3.05) is 13.1 Å². The third kappa shape index (κ3) is 2.65. The van der Waals surface area contributed by atoms with Crippen molar-refractivity contribution >= 4 is 17.5 Å². The molecule has 0 aliphatic carbocycles. The lowest BCUT2D eigenvalue weighted by molar-refractivity contribution is -0.141. The standard InChI is InChI=1S/C15H19N5O3/c1-8-11(3-4-13(22)19-6-10(21)7-19)9(2)20-15(18-8)12(5-17-20)14(16)23/h5,10,21H,3-4,6-7H2,1-2H3,(H2,16,23). The maximum atomic E-state index is 12.0. The summed E-state index contributed by atoms with van der Waals surface area (Å²) < 4.78 is 1.58. The van der Waals surface area contributed by atoms with Crippen molar-refractivity contribution in [3.05, 3.63) is 28.7 Å². The second-order valence-corrected chi connectivity index (χ2v) is 5.87. The molecule has 1 saturated heterocycles. The van der Waals surface area contributed by atoms with E-state index in [0.717, 1.165) is 17.0 Å². The fourth-order valence-electron chi connectivity index (χ4n) is 2.90. The zero-order valence-corrected chi connectivity index (χ0v) is 13.1. The predicted molar refractivity (Wildman–Crippen MR) is 81.9 cm³/mol. The largest absolute Gasteiger partial charge is 0.389 e. The van der Waals surface area contributed by atoms with Crippen molar-refractivity contribution in [2.45, 2.75) is 32.8 Å². The molecule has 0 saturated carbocycles. The summed E-state index contributed by atoms with van der Waals surface area (Å²) in [6.07, 6.45) is 1.91. The van der Waals surface area contributed by atoms with Gasteiger partial charge in [-0.1, -0.05) is 0 Å². The second-order valence-electron chi connectivity index (χ2n) is 5.87. The van der Waals surface area contributed by atoms with Crippen LogP contribution < -0.4 is 5.73 Å². The normalized spacial score (nSPS) is 15.0. The zero-order chi connectivity index (χ0) is 16.7. The van der Waals surface area contributed by atoms with Crippen LogP contribution in [0.4, 0.5) is 0 Å². The Bertz CT molecular complexity index is 792. The second kappa shape index (κ2) is 5.62. The molecule has 2 aromatic rings. The topological polar surface area (TPSA) is 114 Å². The van der Waals surface area contributed by atoms with Gasteiger partial charge in [0.2, 0.25) is 5.91 Å². The van der Waals surface area contributed by atoms with Crippen LogP contribution in [-0.2, 0) is 11.2 Å². The van der Waals surface area contributed by atoms with Gasteiger partial charge in [-0.05, 0) is 25.8 Å². The van der Waals surface area contributed by atoms with Crippen LogP contribution in [0.3, 0.4) is 0 Å². The first kappa shape index (κ1) is 15.4. The van der Waals surface area contributed by atoms with E-state index in [9.17, 15) is 14.7 Å². The number of nitrogens with zero attached hydrogens (tertiary/aromatic N) is 4. The summed E-state index contributed by atoms with van der Waals surface area (Å²) in [5.41, 5.74) is 8.59. The number of primary amides is 1. The molecule has 0 radical (unpaired) electrons. The van der Waals surface area contributed by atoms with E-state index < -0.39 is 12.0 Å². The van der Waals surface area contributed by atoms with Crippen LogP contribution in [0.15, 0.2) is 6.20 Å². The molecule has 0 spiro atoms. The molecule has 0 unspecified atom stereocenters. The molecule has 0 atom stereocenters. The minimum absolute atomic E-state index is 0.0208. The number of carbonyl (C=O) groups is 2. The van der Waals surface area contributed by atoms with Crippen molar-refractivity contribution < 1.29 is 14.7 Å². The Morgan fingerprint density at radius 1 is 1.39 bits per heavy atom. The summed E-state index contributed by atoms with van der Waals surface area (Å²) in [4.78, 5) is 29.5. The number of likely N-dealkylation sites (tertiary alicyclic amines) is 1. The lowest BCUT2D eigenvalue weighted by Crippen LogP contribution is -2.53. The number of aromatic nitrogens is 3. The molecule has 1 fully saturated rings. The molecule has 1 aliphatic rings. The maximum Gasteiger partial charge on any atom is 0.254 e. The molecule has 2 amide bonds. The van der Waals surface area contributed by atoms with Crippen LogP contribution in [-0.4, -0.2) is 55.6 Å². The SMILES string of the molecule is Cc1nc2c(C(N)=O)cnn2c(C)c1CCC(=O)N1CC(O)C1. The lowest BCUT2D eigenvalue weighted by atomic mass is 10.0. The summed E-state index contributed by atoms with van der Waals surface area (Å²) in [5, 5.41) is 13.4. The Morgan fingerprint density at radius 2 is 2.09 bits per heavy atom. The van der Waals surface area contributed by atoms with Gasteiger partial charge in [-0.15, -0.1) is 0 Å². The highest BCUT2D eigenvalue weighted by Crippen LogP contribution is 2.19. The van der Waals surface area contributed by atoms with Crippen LogP contribution in [0.25, 0.3) is 5.65 Å². The number of rotatable bonds is 4. The molecule has 0 bridgehead atoms. The Kier molecular flexibility index (Phi) is 3.77. The number of β-amino-alcohol motifs (C(OH)–C–C–N with tert-alkyl or cyclic N) is 1. The number of aliphatic hydroxyl groups excluding tert-OH is 1. The van der Waals surface area contributed by atoms with Crippen LogP contribution in [0.1, 0.15) is 33.7 Å². The van der Waals surface area contributed by atoms with Gasteiger partial charge in [0, 0.05) is 30.9 Å². The molecule has 3 heterocycles. The van der Waals surface area contributed by atoms with Gasteiger partial charge < -0.3 is 15.7 Å². The number of carbonyl (C=O) groups excluding carboxylic acids is 2. The molecule has 8 nitrogen and oxygen atoms in total. The van der Waals surface area contributed by atoms with E-state index in [1.165, 1.54) is 6.20 Å². The third-order valence-electron chi connectivity index (χ3n) is 4.28. The van der Waals surface area contributed by atoms with E-state index in [1.807, 2.05) is 13.8 Å². The van der Waals surface area contributed by atoms with Crippen molar-refractivity contribution in [1.82, 2.24) is 19.5 Å². The summed E-state index contributed by atoms with van der Waals surface area (Å²) in [6, 6.07) is 0. The highest BCUT2D eigenvalue weighted by atomic mass is 16.3. The van der Waals surface area contributed by atoms with E-state index in [0.29, 0.717) is 31.6 Å². The van der Waals surface area contributed by atoms with Crippen molar-refractivity contribution in [3.8, 4) is 0 Å². The highest BCUT2D eigenvalue weighted by molar-refractivity contribution is 5.98. The Labute approximate surface area is 132 Å². The Morgan fingerprint density at radius 3 is 2.70 bits per heavy atom. The molecule has 8 heteroatoms. The third-order valence-corrected chi connectivity index (χ3v) is 4.28. The fraction of sp³-hybridized carbons (Fsp3) is 0.467.